The van der Waals surface area contributed by atoms with Crippen molar-refractivity contribution >= 4 is 77.5 Å². The molecule has 2 aromatic heterocycles. The number of hydrogen-bond donors (Lipinski definition) is 4. The Hall–Kier alpha value is -5.75. The molecule has 0 amide bonds. The number of nitrogens with zero attached hydrogens (tertiary/aromatic N) is 2. The Kier molecular flexibility index (Phi) is 13.9. The van der Waals surface area contributed by atoms with Crippen molar-refractivity contribution in [3.05, 3.63) is 181 Å². The minimum Gasteiger partial charge on any atom is -0.332 e. The first-order chi connectivity index (χ1) is 28.6. The second-order valence-electron chi connectivity index (χ2n) is 13.2. The highest BCUT2D eigenvalue weighted by atomic mass is 35.5. The minimum absolute atomic E-state index is 0.00404. The first-order valence-electron chi connectivity index (χ1n) is 18.0. The molecule has 10 nitrogen and oxygen atoms in total. The molecule has 0 aliphatic carbocycles. The fourth-order valence-electron chi connectivity index (χ4n) is 5.72. The molecule has 0 aliphatic rings. The van der Waals surface area contributed by atoms with Gasteiger partial charge in [0.05, 0.1) is 32.7 Å². The van der Waals surface area contributed by atoms with Crippen molar-refractivity contribution in [1.29, 1.82) is 0 Å². The second kappa shape index (κ2) is 19.1. The van der Waals surface area contributed by atoms with E-state index < -0.39 is 26.7 Å². The molecule has 60 heavy (non-hydrogen) atoms. The van der Waals surface area contributed by atoms with E-state index in [1.54, 1.807) is 42.6 Å². The van der Waals surface area contributed by atoms with E-state index in [1.165, 1.54) is 28.9 Å². The second-order valence-corrected chi connectivity index (χ2v) is 17.4. The largest absolute Gasteiger partial charge is 0.416 e. The molecule has 5 aromatic carbocycles. The number of aromatic nitrogens is 2. The van der Waals surface area contributed by atoms with Gasteiger partial charge >= 0.3 is 6.18 Å². The van der Waals surface area contributed by atoms with Crippen molar-refractivity contribution in [2.24, 2.45) is 5.73 Å². The van der Waals surface area contributed by atoms with Gasteiger partial charge in [0.15, 0.2) is 10.3 Å². The van der Waals surface area contributed by atoms with Crippen molar-refractivity contribution in [3.63, 3.8) is 0 Å². The summed E-state index contributed by atoms with van der Waals surface area (Å²) in [6.07, 6.45) is -1.61. The zero-order chi connectivity index (χ0) is 43.0. The third-order valence-electron chi connectivity index (χ3n) is 8.84. The highest BCUT2D eigenvalue weighted by Gasteiger charge is 2.32. The van der Waals surface area contributed by atoms with Crippen LogP contribution in [0.5, 0.6) is 0 Å². The van der Waals surface area contributed by atoms with Crippen molar-refractivity contribution in [2.75, 3.05) is 10.6 Å². The lowest BCUT2D eigenvalue weighted by Gasteiger charge is -2.12. The number of thiazole rings is 2. The maximum Gasteiger partial charge on any atom is 0.416 e. The van der Waals surface area contributed by atoms with Gasteiger partial charge in [0.25, 0.3) is 0 Å². The van der Waals surface area contributed by atoms with Crippen LogP contribution in [0.15, 0.2) is 133 Å². The molecule has 0 saturated carbocycles. The van der Waals surface area contributed by atoms with E-state index in [0.717, 1.165) is 34.5 Å². The van der Waals surface area contributed by atoms with E-state index in [-0.39, 0.29) is 23.1 Å². The molecule has 0 radical (unpaired) electrons. The molecule has 0 spiro atoms. The van der Waals surface area contributed by atoms with Crippen LogP contribution in [0.25, 0.3) is 0 Å². The number of alkyl halides is 3. The van der Waals surface area contributed by atoms with E-state index in [4.69, 9.17) is 17.3 Å². The molecule has 2 heterocycles. The molecule has 7 rings (SSSR count). The van der Waals surface area contributed by atoms with Crippen LogP contribution in [0.1, 0.15) is 58.3 Å². The summed E-state index contributed by atoms with van der Waals surface area (Å²) in [4.78, 5) is 34.3. The number of rotatable bonds is 13. The van der Waals surface area contributed by atoms with E-state index in [9.17, 15) is 31.2 Å². The first kappa shape index (κ1) is 43.8. The summed E-state index contributed by atoms with van der Waals surface area (Å²) in [6.45, 7) is 4.09. The molecule has 308 valence electrons. The van der Waals surface area contributed by atoms with Crippen molar-refractivity contribution < 1.29 is 31.2 Å². The van der Waals surface area contributed by atoms with E-state index >= 15 is 0 Å². The number of nitrogens with one attached hydrogen (secondary N) is 3. The number of anilines is 4. The Morgan fingerprint density at radius 3 is 1.70 bits per heavy atom. The summed E-state index contributed by atoms with van der Waals surface area (Å²) in [7, 11) is -4.33. The number of benzene rings is 5. The zero-order valence-electron chi connectivity index (χ0n) is 31.9. The molecule has 0 bridgehead atoms. The monoisotopic (exact) mass is 888 g/mol. The van der Waals surface area contributed by atoms with Gasteiger partial charge in [-0.3, -0.25) is 9.59 Å². The SMILES string of the molecule is Cc1ccccc1C(=O)c1cnc(Nc2cccc(CN)c2)s1.Cc1ccccc1C(=O)c1cnc(Nc2cccc(CNS(=O)(=O)c3cc(C(F)(F)F)ccc3Cl)c2)s1. The molecular weight excluding hydrogens is 853 g/mol. The Bertz CT molecular complexity index is 2770. The molecular formula is C43H36ClF3N6O4S3. The summed E-state index contributed by atoms with van der Waals surface area (Å²) in [6, 6.07) is 31.5. The number of sulfonamides is 1. The highest BCUT2D eigenvalue weighted by molar-refractivity contribution is 7.89. The molecule has 0 atom stereocenters. The highest BCUT2D eigenvalue weighted by Crippen LogP contribution is 2.34. The molecule has 5 N–H and O–H groups in total. The number of halogens is 4. The number of hydrogen-bond acceptors (Lipinski definition) is 11. The van der Waals surface area contributed by atoms with Crippen molar-refractivity contribution in [1.82, 2.24) is 14.7 Å². The number of ketones is 2. The number of carbonyl (C=O) groups is 2. The maximum atomic E-state index is 13.0. The summed E-state index contributed by atoms with van der Waals surface area (Å²) >= 11 is 8.40. The Morgan fingerprint density at radius 2 is 1.20 bits per heavy atom. The van der Waals surface area contributed by atoms with E-state index in [2.05, 4.69) is 25.3 Å². The van der Waals surface area contributed by atoms with Gasteiger partial charge in [0.1, 0.15) is 4.90 Å². The topological polar surface area (TPSA) is 156 Å². The molecule has 0 saturated heterocycles. The van der Waals surface area contributed by atoms with Crippen LogP contribution in [0.2, 0.25) is 5.02 Å². The smallest absolute Gasteiger partial charge is 0.332 e. The van der Waals surface area contributed by atoms with E-state index in [1.807, 2.05) is 74.5 Å². The van der Waals surface area contributed by atoms with Crippen LogP contribution in [0.4, 0.5) is 34.8 Å². The minimum atomic E-state index is -4.71. The summed E-state index contributed by atoms with van der Waals surface area (Å²) in [5.41, 5.74) is 10.7. The average molecular weight is 889 g/mol. The molecule has 0 fully saturated rings. The average Bonchev–Trinajstić information content (AvgIpc) is 3.90. The fraction of sp³-hybridized carbons (Fsp3) is 0.116. The third-order valence-corrected chi connectivity index (χ3v) is 12.6. The number of carbonyl (C=O) groups excluding carboxylic acids is 2. The quantitative estimate of drug-likeness (QED) is 0.0828. The Balaban J connectivity index is 0.000000224. The Morgan fingerprint density at radius 1 is 0.700 bits per heavy atom. The van der Waals surface area contributed by atoms with Crippen LogP contribution >= 0.6 is 34.3 Å². The van der Waals surface area contributed by atoms with E-state index in [0.29, 0.717) is 55.0 Å². The lowest BCUT2D eigenvalue weighted by atomic mass is 10.0. The normalized spacial score (nSPS) is 11.4. The first-order valence-corrected chi connectivity index (χ1v) is 21.5. The van der Waals surface area contributed by atoms with Crippen LogP contribution in [-0.2, 0) is 29.3 Å². The van der Waals surface area contributed by atoms with Crippen LogP contribution in [0.3, 0.4) is 0 Å². The number of nitrogens with two attached hydrogens (primary N) is 1. The van der Waals surface area contributed by atoms with Crippen molar-refractivity contribution in [2.45, 2.75) is 38.0 Å². The standard InChI is InChI=1S/C25H19ClF3N3O3S2.C18H17N3OS/c1-15-5-2-3-8-19(15)23(33)21-14-30-24(36-21)32-18-7-4-6-16(11-18)13-31-37(34,35)22-12-17(25(27,28)29)9-10-20(22)26;1-12-5-2-3-8-15(12)17(22)16-11-20-18(23-16)21-14-7-4-6-13(9-14)10-19/h2-12,14,31H,13H2,1H3,(H,30,32);2-9,11H,10,19H2,1H3,(H,20,21). The van der Waals surface area contributed by atoms with Gasteiger partial charge in [-0.2, -0.15) is 13.2 Å². The fourth-order valence-corrected chi connectivity index (χ4v) is 8.84. The molecule has 7 aromatic rings. The van der Waals surface area contributed by atoms with Gasteiger partial charge in [-0.15, -0.1) is 0 Å². The van der Waals surface area contributed by atoms with Gasteiger partial charge in [-0.05, 0) is 78.6 Å². The maximum absolute atomic E-state index is 13.0. The lowest BCUT2D eigenvalue weighted by Crippen LogP contribution is -2.24. The Labute approximate surface area is 357 Å². The van der Waals surface area contributed by atoms with Gasteiger partial charge in [-0.25, -0.2) is 23.1 Å². The van der Waals surface area contributed by atoms with Crippen LogP contribution < -0.4 is 21.1 Å². The zero-order valence-corrected chi connectivity index (χ0v) is 35.1. The van der Waals surface area contributed by atoms with Crippen LogP contribution in [-0.4, -0.2) is 30.0 Å². The predicted octanol–water partition coefficient (Wildman–Crippen LogP) is 10.5. The van der Waals surface area contributed by atoms with Gasteiger partial charge in [0, 0.05) is 35.6 Å². The number of aryl methyl sites for hydroxylation is 2. The summed E-state index contributed by atoms with van der Waals surface area (Å²) < 4.78 is 66.7. The van der Waals surface area contributed by atoms with Crippen LogP contribution in [0, 0.1) is 13.8 Å². The molecule has 17 heteroatoms. The summed E-state index contributed by atoms with van der Waals surface area (Å²) in [5.74, 6) is -0.135. The summed E-state index contributed by atoms with van der Waals surface area (Å²) in [5, 5.41) is 7.13. The predicted molar refractivity (Wildman–Crippen MR) is 231 cm³/mol. The third kappa shape index (κ3) is 11.1. The lowest BCUT2D eigenvalue weighted by molar-refractivity contribution is -0.137. The molecule has 0 unspecified atom stereocenters. The van der Waals surface area contributed by atoms with Gasteiger partial charge in [0.2, 0.25) is 21.6 Å². The van der Waals surface area contributed by atoms with Gasteiger partial charge < -0.3 is 16.4 Å². The van der Waals surface area contributed by atoms with Crippen molar-refractivity contribution in [3.8, 4) is 0 Å². The van der Waals surface area contributed by atoms with Gasteiger partial charge in [-0.1, -0.05) is 107 Å². The molecule has 0 aliphatic heterocycles.